The highest BCUT2D eigenvalue weighted by atomic mass is 19.1. The van der Waals surface area contributed by atoms with E-state index in [9.17, 15) is 14.0 Å². The normalized spacial score (nSPS) is 20.2. The zero-order valence-electron chi connectivity index (χ0n) is 15.9. The first-order valence-corrected chi connectivity index (χ1v) is 9.60. The Morgan fingerprint density at radius 2 is 1.70 bits per heavy atom. The van der Waals surface area contributed by atoms with Crippen LogP contribution in [-0.2, 0) is 9.53 Å². The van der Waals surface area contributed by atoms with Crippen molar-refractivity contribution in [2.45, 2.75) is 19.3 Å². The van der Waals surface area contributed by atoms with Crippen LogP contribution < -0.4 is 5.32 Å². The molecule has 148 valence electrons. The van der Waals surface area contributed by atoms with Crippen LogP contribution in [0, 0.1) is 11.2 Å². The zero-order chi connectivity index (χ0) is 19.3. The number of carbonyl (C=O) groups excluding carboxylic acids is 2. The molecule has 0 spiro atoms. The van der Waals surface area contributed by atoms with Crippen molar-refractivity contribution in [2.75, 3.05) is 53.0 Å². The van der Waals surface area contributed by atoms with E-state index in [0.29, 0.717) is 38.3 Å². The summed E-state index contributed by atoms with van der Waals surface area (Å²) >= 11 is 0. The largest absolute Gasteiger partial charge is 0.384 e. The van der Waals surface area contributed by atoms with Crippen LogP contribution in [0.5, 0.6) is 0 Å². The van der Waals surface area contributed by atoms with Gasteiger partial charge in [0.25, 0.3) is 5.91 Å². The number of amides is 2. The van der Waals surface area contributed by atoms with Gasteiger partial charge in [-0.05, 0) is 56.6 Å². The second kappa shape index (κ2) is 8.80. The summed E-state index contributed by atoms with van der Waals surface area (Å²) in [4.78, 5) is 29.6. The minimum atomic E-state index is -0.462. The number of nitrogens with one attached hydrogen (secondary N) is 1. The predicted molar refractivity (Wildman–Crippen MR) is 99.9 cm³/mol. The number of benzene rings is 1. The number of piperidine rings is 1. The van der Waals surface area contributed by atoms with Gasteiger partial charge >= 0.3 is 0 Å². The molecule has 2 heterocycles. The highest BCUT2D eigenvalue weighted by Gasteiger charge is 2.42. The molecule has 3 rings (SSSR count). The van der Waals surface area contributed by atoms with Gasteiger partial charge in [-0.1, -0.05) is 0 Å². The second-order valence-electron chi connectivity index (χ2n) is 7.41. The Kier molecular flexibility index (Phi) is 6.44. The maximum Gasteiger partial charge on any atom is 0.253 e. The minimum Gasteiger partial charge on any atom is -0.384 e. The predicted octanol–water partition coefficient (Wildman–Crippen LogP) is 1.52. The first-order chi connectivity index (χ1) is 13.1. The Hall–Kier alpha value is -1.99. The highest BCUT2D eigenvalue weighted by Crippen LogP contribution is 2.32. The number of ether oxygens (including phenoxy) is 1. The van der Waals surface area contributed by atoms with Gasteiger partial charge in [0.2, 0.25) is 5.91 Å². The molecule has 1 N–H and O–H groups in total. The molecule has 0 radical (unpaired) electrons. The van der Waals surface area contributed by atoms with Gasteiger partial charge in [-0.3, -0.25) is 9.59 Å². The maximum absolute atomic E-state index is 13.3. The molecule has 0 aliphatic carbocycles. The number of rotatable bonds is 4. The van der Waals surface area contributed by atoms with E-state index < -0.39 is 5.41 Å². The molecule has 0 saturated carbocycles. The van der Waals surface area contributed by atoms with E-state index >= 15 is 0 Å². The smallest absolute Gasteiger partial charge is 0.253 e. The Bertz CT molecular complexity index is 653. The molecule has 2 amide bonds. The molecule has 6 nitrogen and oxygen atoms in total. The van der Waals surface area contributed by atoms with Gasteiger partial charge in [0.1, 0.15) is 5.82 Å². The summed E-state index contributed by atoms with van der Waals surface area (Å²) in [5.74, 6) is -0.329. The van der Waals surface area contributed by atoms with Gasteiger partial charge in [0, 0.05) is 38.9 Å². The third kappa shape index (κ3) is 4.47. The fourth-order valence-corrected chi connectivity index (χ4v) is 4.04. The van der Waals surface area contributed by atoms with Crippen LogP contribution in [0.3, 0.4) is 0 Å². The van der Waals surface area contributed by atoms with Gasteiger partial charge in [-0.25, -0.2) is 4.39 Å². The highest BCUT2D eigenvalue weighted by molar-refractivity contribution is 5.94. The van der Waals surface area contributed by atoms with Gasteiger partial charge in [0.15, 0.2) is 0 Å². The standard InChI is InChI=1S/C20H28FN3O3/c1-27-15-20(7-9-22-10-8-20)19(26)24-12-2-11-23(13-14-24)18(25)16-3-5-17(21)6-4-16/h3-6,22H,2,7-15H2,1H3. The lowest BCUT2D eigenvalue weighted by Crippen LogP contribution is -2.52. The van der Waals surface area contributed by atoms with Crippen LogP contribution >= 0.6 is 0 Å². The van der Waals surface area contributed by atoms with Crippen molar-refractivity contribution < 1.29 is 18.7 Å². The molecule has 7 heteroatoms. The lowest BCUT2D eigenvalue weighted by molar-refractivity contribution is -0.147. The summed E-state index contributed by atoms with van der Waals surface area (Å²) in [6.45, 7) is 4.32. The zero-order valence-corrected chi connectivity index (χ0v) is 15.9. The minimum absolute atomic E-state index is 0.113. The molecule has 2 fully saturated rings. The number of halogens is 1. The van der Waals surface area contributed by atoms with Crippen LogP contribution in [-0.4, -0.2) is 74.6 Å². The Labute approximate surface area is 159 Å². The molecule has 1 aromatic carbocycles. The van der Waals surface area contributed by atoms with Crippen LogP contribution in [0.15, 0.2) is 24.3 Å². The Morgan fingerprint density at radius 3 is 2.37 bits per heavy atom. The first kappa shape index (κ1) is 19.8. The van der Waals surface area contributed by atoms with Crippen molar-refractivity contribution in [1.82, 2.24) is 15.1 Å². The maximum atomic E-state index is 13.3. The summed E-state index contributed by atoms with van der Waals surface area (Å²) in [6, 6.07) is 5.61. The molecule has 0 aromatic heterocycles. The fraction of sp³-hybridized carbons (Fsp3) is 0.600. The van der Waals surface area contributed by atoms with Gasteiger partial charge in [-0.2, -0.15) is 0 Å². The molecular formula is C20H28FN3O3. The van der Waals surface area contributed by atoms with E-state index in [2.05, 4.69) is 5.32 Å². The van der Waals surface area contributed by atoms with E-state index in [1.807, 2.05) is 4.90 Å². The average Bonchev–Trinajstić information content (AvgIpc) is 2.94. The number of nitrogens with zero attached hydrogens (tertiary/aromatic N) is 2. The van der Waals surface area contributed by atoms with Crippen molar-refractivity contribution in [1.29, 1.82) is 0 Å². The van der Waals surface area contributed by atoms with Crippen molar-refractivity contribution >= 4 is 11.8 Å². The third-order valence-electron chi connectivity index (χ3n) is 5.60. The molecular weight excluding hydrogens is 349 g/mol. The summed E-state index contributed by atoms with van der Waals surface area (Å²) in [7, 11) is 1.64. The van der Waals surface area contributed by atoms with E-state index in [4.69, 9.17) is 4.74 Å². The third-order valence-corrected chi connectivity index (χ3v) is 5.60. The van der Waals surface area contributed by atoms with E-state index in [1.54, 1.807) is 12.0 Å². The van der Waals surface area contributed by atoms with Gasteiger partial charge in [-0.15, -0.1) is 0 Å². The first-order valence-electron chi connectivity index (χ1n) is 9.60. The lowest BCUT2D eigenvalue weighted by Gasteiger charge is -2.39. The SMILES string of the molecule is COCC1(C(=O)N2CCCN(C(=O)c3ccc(F)cc3)CC2)CCNCC1. The molecule has 27 heavy (non-hydrogen) atoms. The molecule has 2 aliphatic heterocycles. The number of methoxy groups -OCH3 is 1. The van der Waals surface area contributed by atoms with Gasteiger partial charge in [0.05, 0.1) is 12.0 Å². The monoisotopic (exact) mass is 377 g/mol. The Morgan fingerprint density at radius 1 is 1.07 bits per heavy atom. The van der Waals surface area contributed by atoms with E-state index in [1.165, 1.54) is 24.3 Å². The van der Waals surface area contributed by atoms with E-state index in [-0.39, 0.29) is 17.6 Å². The number of hydrogen-bond donors (Lipinski definition) is 1. The molecule has 2 aliphatic rings. The topological polar surface area (TPSA) is 61.9 Å². The number of hydrogen-bond acceptors (Lipinski definition) is 4. The summed E-state index contributed by atoms with van der Waals surface area (Å²) in [6.07, 6.45) is 2.28. The van der Waals surface area contributed by atoms with Crippen molar-refractivity contribution in [3.05, 3.63) is 35.6 Å². The van der Waals surface area contributed by atoms with Crippen LogP contribution in [0.25, 0.3) is 0 Å². The van der Waals surface area contributed by atoms with Crippen LogP contribution in [0.4, 0.5) is 4.39 Å². The summed E-state index contributed by atoms with van der Waals surface area (Å²) in [5, 5.41) is 3.31. The average molecular weight is 377 g/mol. The molecule has 0 bridgehead atoms. The van der Waals surface area contributed by atoms with E-state index in [0.717, 1.165) is 32.4 Å². The summed E-state index contributed by atoms with van der Waals surface area (Å²) < 4.78 is 18.5. The fourth-order valence-electron chi connectivity index (χ4n) is 4.04. The van der Waals surface area contributed by atoms with Crippen molar-refractivity contribution in [3.63, 3.8) is 0 Å². The quantitative estimate of drug-likeness (QED) is 0.864. The lowest BCUT2D eigenvalue weighted by atomic mass is 9.78. The Balaban J connectivity index is 1.65. The van der Waals surface area contributed by atoms with Crippen molar-refractivity contribution in [3.8, 4) is 0 Å². The molecule has 1 aromatic rings. The van der Waals surface area contributed by atoms with Crippen molar-refractivity contribution in [2.24, 2.45) is 5.41 Å². The van der Waals surface area contributed by atoms with Gasteiger partial charge < -0.3 is 19.9 Å². The van der Waals surface area contributed by atoms with Crippen LogP contribution in [0.2, 0.25) is 0 Å². The number of carbonyl (C=O) groups is 2. The molecule has 0 atom stereocenters. The van der Waals surface area contributed by atoms with Crippen LogP contribution in [0.1, 0.15) is 29.6 Å². The summed E-state index contributed by atoms with van der Waals surface area (Å²) in [5.41, 5.74) is 0.0150. The molecule has 2 saturated heterocycles. The second-order valence-corrected chi connectivity index (χ2v) is 7.41. The molecule has 0 unspecified atom stereocenters.